The molecule has 1 N–H and O–H groups in total. The second-order valence-electron chi connectivity index (χ2n) is 3.80. The normalized spacial score (nSPS) is 17.5. The van der Waals surface area contributed by atoms with Gasteiger partial charge in [0.05, 0.1) is 9.49 Å². The van der Waals surface area contributed by atoms with Gasteiger partial charge in [0.15, 0.2) is 0 Å². The lowest BCUT2D eigenvalue weighted by molar-refractivity contribution is -0.139. The number of carboxylic acids is 1. The van der Waals surface area contributed by atoms with Gasteiger partial charge in [-0.3, -0.25) is 4.79 Å². The quantitative estimate of drug-likeness (QED) is 0.870. The van der Waals surface area contributed by atoms with Gasteiger partial charge >= 0.3 is 5.97 Å². The van der Waals surface area contributed by atoms with Crippen molar-refractivity contribution in [2.45, 2.75) is 18.8 Å². The summed E-state index contributed by atoms with van der Waals surface area (Å²) in [5, 5.41) is 9.13. The molecule has 0 saturated heterocycles. The number of rotatable bonds is 3. The first kappa shape index (κ1) is 10.9. The Morgan fingerprint density at radius 2 is 2.20 bits per heavy atom. The molecule has 1 aliphatic rings. The van der Waals surface area contributed by atoms with E-state index in [1.165, 1.54) is 6.07 Å². The summed E-state index contributed by atoms with van der Waals surface area (Å²) in [6.45, 7) is 0. The Labute approximate surface area is 101 Å². The summed E-state index contributed by atoms with van der Waals surface area (Å²) in [6.07, 6.45) is 1.87. The Kier molecular flexibility index (Phi) is 2.95. The Morgan fingerprint density at radius 1 is 1.53 bits per heavy atom. The molecule has 1 unspecified atom stereocenters. The smallest absolute Gasteiger partial charge is 0.311 e. The van der Waals surface area contributed by atoms with Crippen LogP contribution in [0.2, 0.25) is 0 Å². The van der Waals surface area contributed by atoms with Crippen LogP contribution in [0.3, 0.4) is 0 Å². The predicted molar refractivity (Wildman–Crippen MR) is 62.2 cm³/mol. The van der Waals surface area contributed by atoms with Crippen molar-refractivity contribution in [1.29, 1.82) is 0 Å². The Morgan fingerprint density at radius 3 is 2.73 bits per heavy atom. The molecule has 0 amide bonds. The largest absolute Gasteiger partial charge is 0.481 e. The van der Waals surface area contributed by atoms with Crippen molar-refractivity contribution >= 4 is 28.6 Å². The summed E-state index contributed by atoms with van der Waals surface area (Å²) in [4.78, 5) is 11.1. The van der Waals surface area contributed by atoms with E-state index in [9.17, 15) is 9.18 Å². The molecule has 2 nitrogen and oxygen atoms in total. The van der Waals surface area contributed by atoms with E-state index >= 15 is 0 Å². The molecule has 1 fully saturated rings. The minimum atomic E-state index is -0.846. The van der Waals surface area contributed by atoms with E-state index in [1.807, 2.05) is 22.6 Å². The van der Waals surface area contributed by atoms with Gasteiger partial charge in [0.2, 0.25) is 0 Å². The lowest BCUT2D eigenvalue weighted by Gasteiger charge is -2.13. The zero-order valence-electron chi connectivity index (χ0n) is 7.91. The molecule has 1 aromatic rings. The van der Waals surface area contributed by atoms with Crippen LogP contribution in [0.4, 0.5) is 4.39 Å². The van der Waals surface area contributed by atoms with E-state index in [0.717, 1.165) is 12.8 Å². The average molecular weight is 320 g/mol. The monoisotopic (exact) mass is 320 g/mol. The van der Waals surface area contributed by atoms with Crippen LogP contribution < -0.4 is 0 Å². The Balaban J connectivity index is 2.41. The molecule has 0 bridgehead atoms. The fourth-order valence-corrected chi connectivity index (χ4v) is 2.47. The zero-order chi connectivity index (χ0) is 11.0. The number of carboxylic acid groups (broad SMARTS) is 1. The van der Waals surface area contributed by atoms with Gasteiger partial charge in [-0.25, -0.2) is 4.39 Å². The molecule has 1 aliphatic carbocycles. The first-order chi connectivity index (χ1) is 7.11. The summed E-state index contributed by atoms with van der Waals surface area (Å²) < 4.78 is 13.7. The van der Waals surface area contributed by atoms with E-state index in [1.54, 1.807) is 12.1 Å². The van der Waals surface area contributed by atoms with Crippen molar-refractivity contribution in [2.75, 3.05) is 0 Å². The molecule has 1 saturated carbocycles. The van der Waals surface area contributed by atoms with Crippen LogP contribution in [0.5, 0.6) is 0 Å². The van der Waals surface area contributed by atoms with Crippen LogP contribution in [-0.2, 0) is 4.79 Å². The van der Waals surface area contributed by atoms with Gasteiger partial charge in [-0.2, -0.15) is 0 Å². The highest BCUT2D eigenvalue weighted by atomic mass is 127. The standard InChI is InChI=1S/C11H10FIO2/c12-8-3-1-2-7(10(8)13)9(11(14)15)6-4-5-6/h1-3,6,9H,4-5H2,(H,14,15). The summed E-state index contributed by atoms with van der Waals surface area (Å²) in [6, 6.07) is 4.64. The van der Waals surface area contributed by atoms with E-state index < -0.39 is 11.9 Å². The molecule has 0 spiro atoms. The zero-order valence-corrected chi connectivity index (χ0v) is 10.1. The maximum absolute atomic E-state index is 13.3. The van der Waals surface area contributed by atoms with Gasteiger partial charge < -0.3 is 5.11 Å². The van der Waals surface area contributed by atoms with Gasteiger partial charge in [0.25, 0.3) is 0 Å². The van der Waals surface area contributed by atoms with Crippen LogP contribution in [0.15, 0.2) is 18.2 Å². The van der Waals surface area contributed by atoms with E-state index in [4.69, 9.17) is 5.11 Å². The molecule has 0 radical (unpaired) electrons. The highest BCUT2D eigenvalue weighted by Gasteiger charge is 2.38. The minimum absolute atomic E-state index is 0.192. The van der Waals surface area contributed by atoms with Crippen LogP contribution in [-0.4, -0.2) is 11.1 Å². The molecule has 2 rings (SSSR count). The summed E-state index contributed by atoms with van der Waals surface area (Å²) >= 11 is 1.88. The lowest BCUT2D eigenvalue weighted by Crippen LogP contribution is -2.15. The number of halogens is 2. The molecule has 15 heavy (non-hydrogen) atoms. The topological polar surface area (TPSA) is 37.3 Å². The minimum Gasteiger partial charge on any atom is -0.481 e. The lowest BCUT2D eigenvalue weighted by atomic mass is 9.94. The fraction of sp³-hybridized carbons (Fsp3) is 0.364. The van der Waals surface area contributed by atoms with Gasteiger partial charge in [-0.05, 0) is 53.0 Å². The number of hydrogen-bond donors (Lipinski definition) is 1. The first-order valence-electron chi connectivity index (χ1n) is 4.78. The first-order valence-corrected chi connectivity index (χ1v) is 5.86. The van der Waals surface area contributed by atoms with Crippen LogP contribution in [0.1, 0.15) is 24.3 Å². The molecule has 0 aromatic heterocycles. The fourth-order valence-electron chi connectivity index (χ4n) is 1.78. The van der Waals surface area contributed by atoms with Crippen molar-refractivity contribution in [3.63, 3.8) is 0 Å². The predicted octanol–water partition coefficient (Wildman–Crippen LogP) is 3.01. The SMILES string of the molecule is O=C(O)C(c1cccc(F)c1I)C1CC1. The molecule has 0 heterocycles. The molecular formula is C11H10FIO2. The molecule has 4 heteroatoms. The number of benzene rings is 1. The highest BCUT2D eigenvalue weighted by Crippen LogP contribution is 2.44. The van der Waals surface area contributed by atoms with Crippen molar-refractivity contribution in [3.8, 4) is 0 Å². The Hall–Kier alpha value is -0.650. The van der Waals surface area contributed by atoms with Crippen LogP contribution >= 0.6 is 22.6 Å². The number of carbonyl (C=O) groups is 1. The van der Waals surface area contributed by atoms with E-state index in [0.29, 0.717) is 9.13 Å². The molecule has 0 aliphatic heterocycles. The second-order valence-corrected chi connectivity index (χ2v) is 4.88. The molecular weight excluding hydrogens is 310 g/mol. The van der Waals surface area contributed by atoms with Crippen molar-refractivity contribution in [2.24, 2.45) is 5.92 Å². The maximum Gasteiger partial charge on any atom is 0.311 e. The van der Waals surface area contributed by atoms with Crippen LogP contribution in [0.25, 0.3) is 0 Å². The van der Waals surface area contributed by atoms with Crippen molar-refractivity contribution in [3.05, 3.63) is 33.1 Å². The molecule has 1 aromatic carbocycles. The van der Waals surface area contributed by atoms with E-state index in [-0.39, 0.29) is 11.7 Å². The Bertz CT molecular complexity index is 402. The van der Waals surface area contributed by atoms with Gasteiger partial charge in [-0.15, -0.1) is 0 Å². The maximum atomic E-state index is 13.3. The molecule has 1 atom stereocenters. The molecule has 80 valence electrons. The third-order valence-corrected chi connectivity index (χ3v) is 3.81. The summed E-state index contributed by atoms with van der Waals surface area (Å²) in [7, 11) is 0. The van der Waals surface area contributed by atoms with Crippen LogP contribution in [0, 0.1) is 15.3 Å². The van der Waals surface area contributed by atoms with E-state index in [2.05, 4.69) is 0 Å². The van der Waals surface area contributed by atoms with Gasteiger partial charge in [-0.1, -0.05) is 12.1 Å². The van der Waals surface area contributed by atoms with Crippen molar-refractivity contribution in [1.82, 2.24) is 0 Å². The summed E-state index contributed by atoms with van der Waals surface area (Å²) in [5.41, 5.74) is 0.616. The third kappa shape index (κ3) is 2.14. The number of aliphatic carboxylic acids is 1. The summed E-state index contributed by atoms with van der Waals surface area (Å²) in [5.74, 6) is -1.52. The second kappa shape index (κ2) is 4.08. The number of hydrogen-bond acceptors (Lipinski definition) is 1. The third-order valence-electron chi connectivity index (χ3n) is 2.68. The van der Waals surface area contributed by atoms with Gasteiger partial charge in [0, 0.05) is 0 Å². The van der Waals surface area contributed by atoms with Crippen molar-refractivity contribution < 1.29 is 14.3 Å². The average Bonchev–Trinajstić information content (AvgIpc) is 2.96. The highest BCUT2D eigenvalue weighted by molar-refractivity contribution is 14.1. The van der Waals surface area contributed by atoms with Gasteiger partial charge in [0.1, 0.15) is 5.82 Å².